The Morgan fingerprint density at radius 1 is 1.00 bits per heavy atom. The Bertz CT molecular complexity index is 1190. The number of piperazine rings is 1. The van der Waals surface area contributed by atoms with Crippen molar-refractivity contribution in [3.8, 4) is 0 Å². The van der Waals surface area contributed by atoms with Crippen molar-refractivity contribution in [2.45, 2.75) is 38.6 Å². The van der Waals surface area contributed by atoms with E-state index >= 15 is 0 Å². The van der Waals surface area contributed by atoms with E-state index < -0.39 is 6.04 Å². The molecule has 2 aromatic carbocycles. The number of ether oxygens (including phenoxy) is 3. The third kappa shape index (κ3) is 7.42. The van der Waals surface area contributed by atoms with E-state index in [2.05, 4.69) is 32.4 Å². The molecule has 0 radical (unpaired) electrons. The summed E-state index contributed by atoms with van der Waals surface area (Å²) in [6, 6.07) is 17.6. The molecule has 3 aliphatic heterocycles. The largest absolute Gasteiger partial charge is 0.466 e. The lowest BCUT2D eigenvalue weighted by atomic mass is 10.1. The number of carbonyl (C=O) groups excluding carboxylic acids is 2. The summed E-state index contributed by atoms with van der Waals surface area (Å²) in [5, 5.41) is 0. The predicted octanol–water partition coefficient (Wildman–Crippen LogP) is 2.33. The molecule has 0 bridgehead atoms. The second-order valence-electron chi connectivity index (χ2n) is 10.3. The molecule has 11 nitrogen and oxygen atoms in total. The third-order valence-corrected chi connectivity index (χ3v) is 7.53. The number of anilines is 1. The fraction of sp³-hybridized carbons (Fsp3) is 0.500. The summed E-state index contributed by atoms with van der Waals surface area (Å²) in [4.78, 5) is 41.6. The van der Waals surface area contributed by atoms with Crippen LogP contribution in [0.25, 0.3) is 0 Å². The average Bonchev–Trinajstić information content (AvgIpc) is 3.68. The average molecular weight is 566 g/mol. The summed E-state index contributed by atoms with van der Waals surface area (Å²) in [6.07, 6.45) is -0.257. The maximum atomic E-state index is 12.6. The van der Waals surface area contributed by atoms with E-state index in [0.29, 0.717) is 32.3 Å². The van der Waals surface area contributed by atoms with Crippen molar-refractivity contribution < 1.29 is 28.6 Å². The Labute approximate surface area is 240 Å². The summed E-state index contributed by atoms with van der Waals surface area (Å²) < 4.78 is 16.4. The van der Waals surface area contributed by atoms with Crippen LogP contribution in [-0.4, -0.2) is 98.9 Å². The Kier molecular flexibility index (Phi) is 9.84. The summed E-state index contributed by atoms with van der Waals surface area (Å²) in [5.41, 5.74) is 6.02. The van der Waals surface area contributed by atoms with E-state index in [1.807, 2.05) is 47.4 Å². The van der Waals surface area contributed by atoms with Crippen LogP contribution in [-0.2, 0) is 28.6 Å². The van der Waals surface area contributed by atoms with Gasteiger partial charge in [0.1, 0.15) is 12.8 Å². The van der Waals surface area contributed by atoms with Crippen LogP contribution in [0.2, 0.25) is 0 Å². The van der Waals surface area contributed by atoms with Gasteiger partial charge in [0.2, 0.25) is 6.23 Å². The highest BCUT2D eigenvalue weighted by atomic mass is 16.7. The van der Waals surface area contributed by atoms with Crippen LogP contribution in [0.15, 0.2) is 59.6 Å². The summed E-state index contributed by atoms with van der Waals surface area (Å²) in [6.45, 7) is 9.17. The molecule has 2 fully saturated rings. The zero-order valence-corrected chi connectivity index (χ0v) is 23.7. The fourth-order valence-electron chi connectivity index (χ4n) is 5.37. The van der Waals surface area contributed by atoms with Crippen LogP contribution < -0.4 is 10.4 Å². The number of nitrogens with one attached hydrogen (secondary N) is 1. The number of esters is 2. The van der Waals surface area contributed by atoms with Crippen LogP contribution in [0.1, 0.15) is 37.6 Å². The van der Waals surface area contributed by atoms with Gasteiger partial charge in [-0.1, -0.05) is 30.3 Å². The van der Waals surface area contributed by atoms with Crippen molar-refractivity contribution in [1.82, 2.24) is 15.3 Å². The molecule has 3 unspecified atom stereocenters. The molecule has 41 heavy (non-hydrogen) atoms. The number of rotatable bonds is 11. The van der Waals surface area contributed by atoms with Gasteiger partial charge < -0.3 is 19.1 Å². The maximum Gasteiger partial charge on any atom is 0.323 e. The molecule has 1 N–H and O–H groups in total. The molecule has 3 aliphatic rings. The first-order valence-electron chi connectivity index (χ1n) is 14.3. The van der Waals surface area contributed by atoms with Gasteiger partial charge in [-0.05, 0) is 38.1 Å². The van der Waals surface area contributed by atoms with E-state index in [-0.39, 0.29) is 37.3 Å². The molecule has 0 aliphatic carbocycles. The maximum absolute atomic E-state index is 12.6. The molecule has 3 heterocycles. The number of amidine groups is 1. The molecule has 2 saturated heterocycles. The lowest BCUT2D eigenvalue weighted by Gasteiger charge is -2.38. The van der Waals surface area contributed by atoms with Crippen molar-refractivity contribution in [1.29, 1.82) is 0 Å². The van der Waals surface area contributed by atoms with E-state index in [1.54, 1.807) is 13.8 Å². The van der Waals surface area contributed by atoms with Gasteiger partial charge in [-0.25, -0.2) is 15.3 Å². The Hall–Kier alpha value is -3.51. The Morgan fingerprint density at radius 2 is 1.73 bits per heavy atom. The molecule has 2 aromatic rings. The highest BCUT2D eigenvalue weighted by Crippen LogP contribution is 2.25. The number of benzene rings is 2. The number of carbonyl (C=O) groups is 2. The summed E-state index contributed by atoms with van der Waals surface area (Å²) in [7, 11) is 0. The molecule has 5 rings (SSSR count). The second-order valence-corrected chi connectivity index (χ2v) is 10.3. The SMILES string of the molecule is CCOC(=O)CC(C(=O)OCC)N1CCN(CC2CN(c3ccc(C4=NC(c5ccccc5)ON4)cc3)CO2)CC1. The van der Waals surface area contributed by atoms with Gasteiger partial charge in [0.15, 0.2) is 5.84 Å². The molecule has 3 atom stereocenters. The predicted molar refractivity (Wildman–Crippen MR) is 153 cm³/mol. The van der Waals surface area contributed by atoms with E-state index in [0.717, 1.165) is 43.0 Å². The van der Waals surface area contributed by atoms with Gasteiger partial charge in [-0.3, -0.25) is 19.4 Å². The smallest absolute Gasteiger partial charge is 0.323 e. The molecule has 0 saturated carbocycles. The molecular formula is C30H39N5O6. The summed E-state index contributed by atoms with van der Waals surface area (Å²) in [5.74, 6) is -0.0284. The topological polar surface area (TPSA) is 105 Å². The molecule has 0 aromatic heterocycles. The number of aliphatic imine (C=N–C) groups is 1. The van der Waals surface area contributed by atoms with Crippen LogP contribution in [0, 0.1) is 0 Å². The number of hydrogen-bond acceptors (Lipinski definition) is 11. The Morgan fingerprint density at radius 3 is 2.44 bits per heavy atom. The first kappa shape index (κ1) is 29.0. The van der Waals surface area contributed by atoms with Crippen LogP contribution in [0.5, 0.6) is 0 Å². The quantitative estimate of drug-likeness (QED) is 0.408. The number of hydrogen-bond donors (Lipinski definition) is 1. The lowest BCUT2D eigenvalue weighted by molar-refractivity contribution is -0.157. The highest BCUT2D eigenvalue weighted by Gasteiger charge is 2.34. The third-order valence-electron chi connectivity index (χ3n) is 7.53. The van der Waals surface area contributed by atoms with E-state index in [4.69, 9.17) is 19.0 Å². The highest BCUT2D eigenvalue weighted by molar-refractivity contribution is 5.99. The minimum absolute atomic E-state index is 0.0101. The first-order chi connectivity index (χ1) is 20.0. The molecule has 11 heteroatoms. The second kappa shape index (κ2) is 13.9. The van der Waals surface area contributed by atoms with Crippen molar-refractivity contribution in [3.63, 3.8) is 0 Å². The number of nitrogens with zero attached hydrogens (tertiary/aromatic N) is 4. The molecule has 220 valence electrons. The van der Waals surface area contributed by atoms with E-state index in [9.17, 15) is 9.59 Å². The minimum atomic E-state index is -0.612. The number of hydroxylamine groups is 1. The fourth-order valence-corrected chi connectivity index (χ4v) is 5.37. The van der Waals surface area contributed by atoms with Crippen molar-refractivity contribution in [2.75, 3.05) is 64.1 Å². The molecular weight excluding hydrogens is 526 g/mol. The summed E-state index contributed by atoms with van der Waals surface area (Å²) >= 11 is 0. The first-order valence-corrected chi connectivity index (χ1v) is 14.3. The van der Waals surface area contributed by atoms with Gasteiger partial charge in [-0.15, -0.1) is 0 Å². The lowest BCUT2D eigenvalue weighted by Crippen LogP contribution is -2.54. The van der Waals surface area contributed by atoms with Gasteiger partial charge in [0.05, 0.1) is 25.7 Å². The van der Waals surface area contributed by atoms with Gasteiger partial charge in [0, 0.05) is 56.1 Å². The normalized spacial score (nSPS) is 22.2. The van der Waals surface area contributed by atoms with Gasteiger partial charge >= 0.3 is 11.9 Å². The van der Waals surface area contributed by atoms with Crippen LogP contribution in [0.4, 0.5) is 5.69 Å². The van der Waals surface area contributed by atoms with Crippen molar-refractivity contribution in [2.24, 2.45) is 4.99 Å². The van der Waals surface area contributed by atoms with Gasteiger partial charge in [-0.2, -0.15) is 0 Å². The van der Waals surface area contributed by atoms with Crippen molar-refractivity contribution >= 4 is 23.5 Å². The molecule has 0 amide bonds. The molecule has 0 spiro atoms. The Balaban J connectivity index is 1.10. The zero-order chi connectivity index (χ0) is 28.6. The van der Waals surface area contributed by atoms with Crippen molar-refractivity contribution in [3.05, 3.63) is 65.7 Å². The van der Waals surface area contributed by atoms with E-state index in [1.165, 1.54) is 0 Å². The van der Waals surface area contributed by atoms with Gasteiger partial charge in [0.25, 0.3) is 0 Å². The van der Waals surface area contributed by atoms with Crippen LogP contribution >= 0.6 is 0 Å². The zero-order valence-electron chi connectivity index (χ0n) is 23.7. The standard InChI is InChI=1S/C30H39N5O6/c1-3-38-27(36)18-26(30(37)39-4-2)34-16-14-33(15-17-34)19-25-20-35(21-40-25)24-12-10-22(11-13-24)28-31-29(41-32-28)23-8-6-5-7-9-23/h5-13,25-26,29H,3-4,14-21H2,1-2H3,(H,31,32). The minimum Gasteiger partial charge on any atom is -0.466 e. The van der Waals surface area contributed by atoms with Crippen LogP contribution in [0.3, 0.4) is 0 Å². The monoisotopic (exact) mass is 565 g/mol.